The molecule has 1 aromatic heterocycles. The maximum atomic E-state index is 11.3. The molecule has 0 radical (unpaired) electrons. The standard InChI is InChI=1S/C8H11N3O4S/c1-5-7(8(12)13)9-10-11(5)6-2-3-16(14,15)4-6/h6H,2-4H2,1H3,(H,12,13). The third-order valence-electron chi connectivity index (χ3n) is 2.68. The van der Waals surface area contributed by atoms with Crippen LogP contribution < -0.4 is 0 Å². The summed E-state index contributed by atoms with van der Waals surface area (Å²) < 4.78 is 24.0. The van der Waals surface area contributed by atoms with Crippen molar-refractivity contribution in [3.8, 4) is 0 Å². The van der Waals surface area contributed by atoms with E-state index in [1.165, 1.54) is 4.68 Å². The summed E-state index contributed by atoms with van der Waals surface area (Å²) in [5.41, 5.74) is 0.277. The van der Waals surface area contributed by atoms with Gasteiger partial charge in [0.25, 0.3) is 0 Å². The average Bonchev–Trinajstić information content (AvgIpc) is 2.69. The largest absolute Gasteiger partial charge is 0.476 e. The van der Waals surface area contributed by atoms with Crippen molar-refractivity contribution in [2.24, 2.45) is 0 Å². The van der Waals surface area contributed by atoms with Crippen LogP contribution in [0.25, 0.3) is 0 Å². The fraction of sp³-hybridized carbons (Fsp3) is 0.625. The minimum atomic E-state index is -3.01. The summed E-state index contributed by atoms with van der Waals surface area (Å²) in [6, 6.07) is -0.286. The van der Waals surface area contributed by atoms with Crippen molar-refractivity contribution < 1.29 is 18.3 Å². The predicted molar refractivity (Wildman–Crippen MR) is 54.0 cm³/mol. The number of hydrogen-bond donors (Lipinski definition) is 1. The molecule has 1 aliphatic rings. The number of sulfone groups is 1. The Kier molecular flexibility index (Phi) is 2.45. The van der Waals surface area contributed by atoms with E-state index in [2.05, 4.69) is 10.3 Å². The molecule has 88 valence electrons. The van der Waals surface area contributed by atoms with Crippen LogP contribution in [0.5, 0.6) is 0 Å². The molecule has 1 N–H and O–H groups in total. The second-order valence-electron chi connectivity index (χ2n) is 3.83. The minimum absolute atomic E-state index is 0.0102. The van der Waals surface area contributed by atoms with Gasteiger partial charge in [0, 0.05) is 0 Å². The number of rotatable bonds is 2. The first kappa shape index (κ1) is 11.1. The molecular formula is C8H11N3O4S. The Morgan fingerprint density at radius 2 is 2.25 bits per heavy atom. The SMILES string of the molecule is Cc1c(C(=O)O)nnn1C1CCS(=O)(=O)C1. The van der Waals surface area contributed by atoms with Gasteiger partial charge in [0.2, 0.25) is 0 Å². The van der Waals surface area contributed by atoms with Gasteiger partial charge in [-0.15, -0.1) is 5.10 Å². The van der Waals surface area contributed by atoms with Crippen molar-refractivity contribution in [2.75, 3.05) is 11.5 Å². The smallest absolute Gasteiger partial charge is 0.358 e. The van der Waals surface area contributed by atoms with Gasteiger partial charge in [-0.3, -0.25) is 0 Å². The lowest BCUT2D eigenvalue weighted by molar-refractivity contribution is 0.0689. The fourth-order valence-electron chi connectivity index (χ4n) is 1.85. The minimum Gasteiger partial charge on any atom is -0.476 e. The van der Waals surface area contributed by atoms with Crippen LogP contribution in [-0.2, 0) is 9.84 Å². The maximum absolute atomic E-state index is 11.3. The van der Waals surface area contributed by atoms with E-state index in [9.17, 15) is 13.2 Å². The monoisotopic (exact) mass is 245 g/mol. The van der Waals surface area contributed by atoms with Crippen molar-refractivity contribution in [2.45, 2.75) is 19.4 Å². The van der Waals surface area contributed by atoms with Gasteiger partial charge in [0.05, 0.1) is 23.2 Å². The predicted octanol–water partition coefficient (Wildman–Crippen LogP) is -0.356. The summed E-state index contributed by atoms with van der Waals surface area (Å²) in [4.78, 5) is 10.7. The van der Waals surface area contributed by atoms with E-state index < -0.39 is 15.8 Å². The molecule has 0 aromatic carbocycles. The Bertz CT molecular complexity index is 533. The van der Waals surface area contributed by atoms with Crippen LogP contribution in [0.1, 0.15) is 28.6 Å². The molecule has 8 heteroatoms. The van der Waals surface area contributed by atoms with Gasteiger partial charge in [-0.1, -0.05) is 5.21 Å². The van der Waals surface area contributed by atoms with E-state index >= 15 is 0 Å². The van der Waals surface area contributed by atoms with E-state index in [1.54, 1.807) is 6.92 Å². The topological polar surface area (TPSA) is 102 Å². The Labute approximate surface area is 92.0 Å². The van der Waals surface area contributed by atoms with Crippen LogP contribution in [0, 0.1) is 6.92 Å². The summed E-state index contributed by atoms with van der Waals surface area (Å²) in [7, 11) is -3.01. The molecule has 1 saturated heterocycles. The number of hydrogen-bond acceptors (Lipinski definition) is 5. The van der Waals surface area contributed by atoms with Crippen LogP contribution in [-0.4, -0.2) is 46.0 Å². The van der Waals surface area contributed by atoms with Crippen molar-refractivity contribution in [3.63, 3.8) is 0 Å². The van der Waals surface area contributed by atoms with E-state index in [-0.39, 0.29) is 23.2 Å². The maximum Gasteiger partial charge on any atom is 0.358 e. The highest BCUT2D eigenvalue weighted by molar-refractivity contribution is 7.91. The highest BCUT2D eigenvalue weighted by atomic mass is 32.2. The Balaban J connectivity index is 2.33. The van der Waals surface area contributed by atoms with Crippen LogP contribution in [0.3, 0.4) is 0 Å². The average molecular weight is 245 g/mol. The zero-order valence-electron chi connectivity index (χ0n) is 8.62. The van der Waals surface area contributed by atoms with E-state index in [4.69, 9.17) is 5.11 Å². The molecular weight excluding hydrogens is 234 g/mol. The Morgan fingerprint density at radius 1 is 1.56 bits per heavy atom. The lowest BCUT2D eigenvalue weighted by Crippen LogP contribution is -2.14. The van der Waals surface area contributed by atoms with Crippen LogP contribution in [0.15, 0.2) is 0 Å². The van der Waals surface area contributed by atoms with E-state index in [0.29, 0.717) is 12.1 Å². The van der Waals surface area contributed by atoms with Crippen LogP contribution >= 0.6 is 0 Å². The molecule has 0 spiro atoms. The van der Waals surface area contributed by atoms with Crippen molar-refractivity contribution in [3.05, 3.63) is 11.4 Å². The van der Waals surface area contributed by atoms with Crippen LogP contribution in [0.4, 0.5) is 0 Å². The van der Waals surface area contributed by atoms with Gasteiger partial charge in [0.15, 0.2) is 15.5 Å². The molecule has 1 aliphatic heterocycles. The lowest BCUT2D eigenvalue weighted by atomic mass is 10.2. The molecule has 0 bridgehead atoms. The fourth-order valence-corrected chi connectivity index (χ4v) is 3.55. The molecule has 0 saturated carbocycles. The van der Waals surface area contributed by atoms with Gasteiger partial charge in [-0.2, -0.15) is 0 Å². The van der Waals surface area contributed by atoms with Gasteiger partial charge >= 0.3 is 5.97 Å². The van der Waals surface area contributed by atoms with Gasteiger partial charge in [-0.25, -0.2) is 17.9 Å². The first-order valence-electron chi connectivity index (χ1n) is 4.76. The quantitative estimate of drug-likeness (QED) is 0.763. The summed E-state index contributed by atoms with van der Waals surface area (Å²) in [5.74, 6) is -1.01. The van der Waals surface area contributed by atoms with Gasteiger partial charge < -0.3 is 5.11 Å². The molecule has 2 rings (SSSR count). The lowest BCUT2D eigenvalue weighted by Gasteiger charge is -2.08. The van der Waals surface area contributed by atoms with Crippen molar-refractivity contribution in [1.29, 1.82) is 0 Å². The molecule has 1 fully saturated rings. The number of aromatic nitrogens is 3. The zero-order chi connectivity index (χ0) is 11.9. The second kappa shape index (κ2) is 3.55. The molecule has 1 unspecified atom stereocenters. The zero-order valence-corrected chi connectivity index (χ0v) is 9.44. The second-order valence-corrected chi connectivity index (χ2v) is 6.06. The molecule has 1 aromatic rings. The number of carboxylic acid groups (broad SMARTS) is 1. The summed E-state index contributed by atoms with van der Waals surface area (Å²) in [5, 5.41) is 16.0. The van der Waals surface area contributed by atoms with E-state index in [0.717, 1.165) is 0 Å². The van der Waals surface area contributed by atoms with Gasteiger partial charge in [0.1, 0.15) is 0 Å². The third-order valence-corrected chi connectivity index (χ3v) is 4.43. The summed E-state index contributed by atoms with van der Waals surface area (Å²) in [6.07, 6.45) is 0.464. The molecule has 7 nitrogen and oxygen atoms in total. The Hall–Kier alpha value is -1.44. The van der Waals surface area contributed by atoms with Crippen LogP contribution in [0.2, 0.25) is 0 Å². The summed E-state index contributed by atoms with van der Waals surface area (Å²) in [6.45, 7) is 1.58. The highest BCUT2D eigenvalue weighted by Gasteiger charge is 2.31. The molecule has 2 heterocycles. The van der Waals surface area contributed by atoms with Crippen molar-refractivity contribution >= 4 is 15.8 Å². The molecule has 1 atom stereocenters. The van der Waals surface area contributed by atoms with Crippen molar-refractivity contribution in [1.82, 2.24) is 15.0 Å². The number of carboxylic acids is 1. The molecule has 0 aliphatic carbocycles. The third kappa shape index (κ3) is 1.80. The van der Waals surface area contributed by atoms with Gasteiger partial charge in [-0.05, 0) is 13.3 Å². The first-order chi connectivity index (χ1) is 7.41. The number of carbonyl (C=O) groups is 1. The number of nitrogens with zero attached hydrogens (tertiary/aromatic N) is 3. The first-order valence-corrected chi connectivity index (χ1v) is 6.58. The highest BCUT2D eigenvalue weighted by Crippen LogP contribution is 2.24. The molecule has 16 heavy (non-hydrogen) atoms. The normalized spacial score (nSPS) is 23.4. The summed E-state index contributed by atoms with van der Waals surface area (Å²) >= 11 is 0. The van der Waals surface area contributed by atoms with E-state index in [1.807, 2.05) is 0 Å². The molecule has 0 amide bonds. The number of aromatic carboxylic acids is 1. The Morgan fingerprint density at radius 3 is 2.69 bits per heavy atom.